The molecule has 0 saturated carbocycles. The summed E-state index contributed by atoms with van der Waals surface area (Å²) in [5.41, 5.74) is 2.19. The van der Waals surface area contributed by atoms with E-state index in [0.29, 0.717) is 27.2 Å². The van der Waals surface area contributed by atoms with Crippen LogP contribution in [0.15, 0.2) is 36.4 Å². The number of halogens is 3. The van der Waals surface area contributed by atoms with Crippen molar-refractivity contribution in [3.63, 3.8) is 0 Å². The zero-order chi connectivity index (χ0) is 13.6. The second-order valence-corrected chi connectivity index (χ2v) is 5.50. The first kappa shape index (κ1) is 12.8. The number of hydrogen-bond donors (Lipinski definition) is 0. The van der Waals surface area contributed by atoms with Crippen LogP contribution in [0.2, 0.25) is 15.1 Å². The summed E-state index contributed by atoms with van der Waals surface area (Å²) in [6.45, 7) is 0. The summed E-state index contributed by atoms with van der Waals surface area (Å²) in [6, 6.07) is 10.5. The molecule has 19 heavy (non-hydrogen) atoms. The van der Waals surface area contributed by atoms with Crippen LogP contribution < -0.4 is 4.90 Å². The molecule has 0 aromatic heterocycles. The third-order valence-corrected chi connectivity index (χ3v) is 3.88. The van der Waals surface area contributed by atoms with Gasteiger partial charge in [0.15, 0.2) is 0 Å². The van der Waals surface area contributed by atoms with E-state index >= 15 is 0 Å². The lowest BCUT2D eigenvalue weighted by Gasteiger charge is -2.20. The Bertz CT molecular complexity index is 664. The fourth-order valence-electron chi connectivity index (χ4n) is 2.24. The molecule has 1 aliphatic rings. The lowest BCUT2D eigenvalue weighted by atomic mass is 10.2. The molecule has 2 aromatic carbocycles. The quantitative estimate of drug-likeness (QED) is 0.736. The van der Waals surface area contributed by atoms with Crippen molar-refractivity contribution in [3.8, 4) is 0 Å². The van der Waals surface area contributed by atoms with Gasteiger partial charge in [0.2, 0.25) is 5.91 Å². The minimum atomic E-state index is -0.0627. The van der Waals surface area contributed by atoms with Crippen LogP contribution in [0.5, 0.6) is 0 Å². The van der Waals surface area contributed by atoms with Crippen molar-refractivity contribution in [3.05, 3.63) is 57.0 Å². The Kier molecular flexibility index (Phi) is 3.17. The first-order chi connectivity index (χ1) is 9.08. The van der Waals surface area contributed by atoms with Crippen LogP contribution in [0.3, 0.4) is 0 Å². The van der Waals surface area contributed by atoms with Crippen LogP contribution in [0.1, 0.15) is 5.56 Å². The molecule has 0 N–H and O–H groups in total. The molecule has 2 nitrogen and oxygen atoms in total. The Labute approximate surface area is 125 Å². The first-order valence-electron chi connectivity index (χ1n) is 5.63. The van der Waals surface area contributed by atoms with E-state index in [1.165, 1.54) is 0 Å². The molecule has 0 fully saturated rings. The van der Waals surface area contributed by atoms with Crippen molar-refractivity contribution < 1.29 is 4.79 Å². The number of carbonyl (C=O) groups excluding carboxylic acids is 1. The fourth-order valence-corrected chi connectivity index (χ4v) is 3.00. The Morgan fingerprint density at radius 3 is 2.37 bits per heavy atom. The van der Waals surface area contributed by atoms with Crippen LogP contribution in [-0.2, 0) is 11.2 Å². The van der Waals surface area contributed by atoms with Crippen molar-refractivity contribution in [2.24, 2.45) is 0 Å². The van der Waals surface area contributed by atoms with Gasteiger partial charge in [0.25, 0.3) is 0 Å². The van der Waals surface area contributed by atoms with E-state index in [2.05, 4.69) is 0 Å². The molecular formula is C14H8Cl3NO. The van der Waals surface area contributed by atoms with Gasteiger partial charge in [0.1, 0.15) is 0 Å². The third kappa shape index (κ3) is 2.10. The molecule has 1 amide bonds. The van der Waals surface area contributed by atoms with Gasteiger partial charge in [-0.3, -0.25) is 9.69 Å². The van der Waals surface area contributed by atoms with Crippen molar-refractivity contribution in [1.82, 2.24) is 0 Å². The minimum Gasteiger partial charge on any atom is -0.277 e. The largest absolute Gasteiger partial charge is 0.277 e. The Morgan fingerprint density at radius 1 is 1.00 bits per heavy atom. The van der Waals surface area contributed by atoms with Crippen LogP contribution >= 0.6 is 34.8 Å². The van der Waals surface area contributed by atoms with Gasteiger partial charge in [0, 0.05) is 5.02 Å². The van der Waals surface area contributed by atoms with Crippen LogP contribution in [0, 0.1) is 0 Å². The number of hydrogen-bond acceptors (Lipinski definition) is 1. The first-order valence-corrected chi connectivity index (χ1v) is 6.76. The van der Waals surface area contributed by atoms with Gasteiger partial charge in [-0.05, 0) is 35.9 Å². The van der Waals surface area contributed by atoms with E-state index in [-0.39, 0.29) is 5.91 Å². The lowest BCUT2D eigenvalue weighted by molar-refractivity contribution is -0.116. The van der Waals surface area contributed by atoms with Gasteiger partial charge in [-0.25, -0.2) is 0 Å². The van der Waals surface area contributed by atoms with Crippen LogP contribution in [0.4, 0.5) is 11.4 Å². The fraction of sp³-hybridized carbons (Fsp3) is 0.0714. The van der Waals surface area contributed by atoms with E-state index in [9.17, 15) is 4.79 Å². The molecule has 0 unspecified atom stereocenters. The number of rotatable bonds is 1. The third-order valence-electron chi connectivity index (χ3n) is 3.03. The number of nitrogens with zero attached hydrogens (tertiary/aromatic N) is 1. The van der Waals surface area contributed by atoms with Gasteiger partial charge >= 0.3 is 0 Å². The van der Waals surface area contributed by atoms with E-state index < -0.39 is 0 Å². The second kappa shape index (κ2) is 4.71. The zero-order valence-electron chi connectivity index (χ0n) is 9.66. The molecule has 1 heterocycles. The van der Waals surface area contributed by atoms with Gasteiger partial charge in [0.05, 0.1) is 27.8 Å². The summed E-state index contributed by atoms with van der Waals surface area (Å²) >= 11 is 18.3. The van der Waals surface area contributed by atoms with Crippen LogP contribution in [-0.4, -0.2) is 5.91 Å². The van der Waals surface area contributed by atoms with Crippen molar-refractivity contribution in [2.75, 3.05) is 4.90 Å². The summed E-state index contributed by atoms with van der Waals surface area (Å²) in [5.74, 6) is -0.0627. The van der Waals surface area contributed by atoms with Gasteiger partial charge < -0.3 is 0 Å². The van der Waals surface area contributed by atoms with E-state index in [0.717, 1.165) is 11.3 Å². The van der Waals surface area contributed by atoms with Crippen molar-refractivity contribution >= 4 is 52.1 Å². The molecule has 0 bridgehead atoms. The summed E-state index contributed by atoms with van der Waals surface area (Å²) < 4.78 is 0. The topological polar surface area (TPSA) is 20.3 Å². The Hall–Kier alpha value is -1.22. The van der Waals surface area contributed by atoms with Gasteiger partial charge in [-0.15, -0.1) is 0 Å². The molecular weight excluding hydrogens is 305 g/mol. The molecule has 3 rings (SSSR count). The average molecular weight is 313 g/mol. The number of amides is 1. The summed E-state index contributed by atoms with van der Waals surface area (Å²) in [5, 5.41) is 1.51. The predicted octanol–water partition coefficient (Wildman–Crippen LogP) is 4.87. The molecule has 0 atom stereocenters. The smallest absolute Gasteiger partial charge is 0.236 e. The number of para-hydroxylation sites is 1. The molecule has 5 heteroatoms. The molecule has 0 saturated heterocycles. The van der Waals surface area contributed by atoms with Gasteiger partial charge in [-0.2, -0.15) is 0 Å². The van der Waals surface area contributed by atoms with Crippen LogP contribution in [0.25, 0.3) is 0 Å². The van der Waals surface area contributed by atoms with E-state index in [4.69, 9.17) is 34.8 Å². The highest BCUT2D eigenvalue weighted by Crippen LogP contribution is 2.43. The Morgan fingerprint density at radius 2 is 1.68 bits per heavy atom. The summed E-state index contributed by atoms with van der Waals surface area (Å²) in [7, 11) is 0. The minimum absolute atomic E-state index is 0.0627. The maximum atomic E-state index is 12.2. The molecule has 0 radical (unpaired) electrons. The second-order valence-electron chi connectivity index (χ2n) is 4.25. The highest BCUT2D eigenvalue weighted by atomic mass is 35.5. The molecule has 1 aliphatic heterocycles. The molecule has 2 aromatic rings. The number of carbonyl (C=O) groups is 1. The normalized spacial score (nSPS) is 13.8. The number of anilines is 2. The number of fused-ring (bicyclic) bond motifs is 1. The lowest BCUT2D eigenvalue weighted by Crippen LogP contribution is -2.21. The van der Waals surface area contributed by atoms with Crippen molar-refractivity contribution in [1.29, 1.82) is 0 Å². The predicted molar refractivity (Wildman–Crippen MR) is 78.8 cm³/mol. The SMILES string of the molecule is O=C1Cc2cc(Cl)ccc2N1c1c(Cl)cccc1Cl. The highest BCUT2D eigenvalue weighted by molar-refractivity contribution is 6.40. The molecule has 0 aliphatic carbocycles. The maximum absolute atomic E-state index is 12.2. The van der Waals surface area contributed by atoms with Gasteiger partial charge in [-0.1, -0.05) is 40.9 Å². The standard InChI is InChI=1S/C14H8Cl3NO/c15-9-4-5-12-8(6-9)7-13(19)18(12)14-10(16)2-1-3-11(14)17/h1-6H,7H2. The zero-order valence-corrected chi connectivity index (χ0v) is 11.9. The molecule has 0 spiro atoms. The number of benzene rings is 2. The maximum Gasteiger partial charge on any atom is 0.236 e. The summed E-state index contributed by atoms with van der Waals surface area (Å²) in [4.78, 5) is 13.8. The van der Waals surface area contributed by atoms with E-state index in [1.807, 2.05) is 6.07 Å². The van der Waals surface area contributed by atoms with Crippen molar-refractivity contribution in [2.45, 2.75) is 6.42 Å². The summed E-state index contributed by atoms with van der Waals surface area (Å²) in [6.07, 6.45) is 0.303. The monoisotopic (exact) mass is 311 g/mol. The average Bonchev–Trinajstić information content (AvgIpc) is 2.65. The van der Waals surface area contributed by atoms with E-state index in [1.54, 1.807) is 35.2 Å². The molecule has 96 valence electrons. The Balaban J connectivity index is 2.20. The highest BCUT2D eigenvalue weighted by Gasteiger charge is 2.31.